The second-order valence-electron chi connectivity index (χ2n) is 6.19. The summed E-state index contributed by atoms with van der Waals surface area (Å²) < 4.78 is 5.79. The summed E-state index contributed by atoms with van der Waals surface area (Å²) >= 11 is 2.51. The smallest absolute Gasteiger partial charge is 0.261 e. The van der Waals surface area contributed by atoms with Crippen LogP contribution in [0.4, 0.5) is 10.8 Å². The van der Waals surface area contributed by atoms with Crippen LogP contribution >= 0.6 is 22.7 Å². The lowest BCUT2D eigenvalue weighted by Gasteiger charge is -2.15. The molecular formula is C18H19N5O3S2. The van der Waals surface area contributed by atoms with Gasteiger partial charge in [0.15, 0.2) is 5.13 Å². The Balaban J connectivity index is 2.04. The first kappa shape index (κ1) is 19.8. The van der Waals surface area contributed by atoms with Crippen LogP contribution in [0.5, 0.6) is 5.75 Å². The molecule has 0 aliphatic carbocycles. The first-order valence-electron chi connectivity index (χ1n) is 8.35. The summed E-state index contributed by atoms with van der Waals surface area (Å²) in [7, 11) is 0. The number of amides is 2. The van der Waals surface area contributed by atoms with Crippen molar-refractivity contribution in [1.29, 1.82) is 0 Å². The van der Waals surface area contributed by atoms with Crippen LogP contribution in [-0.4, -0.2) is 27.9 Å². The quantitative estimate of drug-likeness (QED) is 0.540. The van der Waals surface area contributed by atoms with Gasteiger partial charge in [0.1, 0.15) is 16.3 Å². The fraction of sp³-hybridized carbons (Fsp3) is 0.222. The number of carbonyl (C=O) groups excluding carboxylic acids is 2. The minimum Gasteiger partial charge on any atom is -0.489 e. The number of hydrogen-bond donors (Lipinski definition) is 3. The second kappa shape index (κ2) is 7.95. The summed E-state index contributed by atoms with van der Waals surface area (Å²) in [6, 6.07) is 4.84. The Labute approximate surface area is 169 Å². The lowest BCUT2D eigenvalue weighted by Crippen LogP contribution is -2.12. The van der Waals surface area contributed by atoms with Crippen molar-refractivity contribution in [1.82, 2.24) is 9.97 Å². The predicted octanol–water partition coefficient (Wildman–Crippen LogP) is 3.30. The molecular weight excluding hydrogens is 398 g/mol. The standard InChI is InChI=1S/C18H19N5O3S2/c1-8(2)26-12-5-4-10(16(19)24)6-11(12)22-18-23-13(15(28-18)17(20)25)14-9(3)21-7-27-14/h4-8H,1-3H3,(H2,19,24)(H2,20,25)(H,22,23). The molecule has 0 bridgehead atoms. The zero-order valence-electron chi connectivity index (χ0n) is 15.5. The Morgan fingerprint density at radius 2 is 1.96 bits per heavy atom. The van der Waals surface area contributed by atoms with E-state index < -0.39 is 11.8 Å². The molecule has 2 heterocycles. The van der Waals surface area contributed by atoms with Crippen LogP contribution in [0.3, 0.4) is 0 Å². The highest BCUT2D eigenvalue weighted by atomic mass is 32.1. The van der Waals surface area contributed by atoms with E-state index in [0.29, 0.717) is 32.7 Å². The summed E-state index contributed by atoms with van der Waals surface area (Å²) in [6.45, 7) is 5.63. The normalized spacial score (nSPS) is 10.9. The highest BCUT2D eigenvalue weighted by molar-refractivity contribution is 7.19. The topological polar surface area (TPSA) is 133 Å². The molecule has 10 heteroatoms. The molecule has 1 aromatic carbocycles. The number of nitrogens with one attached hydrogen (secondary N) is 1. The number of ether oxygens (including phenoxy) is 1. The van der Waals surface area contributed by atoms with E-state index in [4.69, 9.17) is 16.2 Å². The number of hydrogen-bond acceptors (Lipinski definition) is 8. The van der Waals surface area contributed by atoms with Crippen molar-refractivity contribution in [3.05, 3.63) is 39.8 Å². The number of benzene rings is 1. The molecule has 0 saturated carbocycles. The van der Waals surface area contributed by atoms with Crippen LogP contribution in [0.25, 0.3) is 10.6 Å². The molecule has 0 aliphatic rings. The average Bonchev–Trinajstić information content (AvgIpc) is 3.21. The van der Waals surface area contributed by atoms with E-state index >= 15 is 0 Å². The average molecular weight is 418 g/mol. The minimum atomic E-state index is -0.571. The highest BCUT2D eigenvalue weighted by Crippen LogP contribution is 2.37. The number of rotatable bonds is 7. The summed E-state index contributed by atoms with van der Waals surface area (Å²) in [5.41, 5.74) is 14.7. The molecule has 3 aromatic rings. The number of primary amides is 2. The van der Waals surface area contributed by atoms with Crippen LogP contribution in [0.15, 0.2) is 23.7 Å². The molecule has 8 nitrogen and oxygen atoms in total. The van der Waals surface area contributed by atoms with Crippen LogP contribution in [0.1, 0.15) is 39.6 Å². The van der Waals surface area contributed by atoms with E-state index in [1.807, 2.05) is 20.8 Å². The minimum absolute atomic E-state index is 0.0761. The number of nitrogens with two attached hydrogens (primary N) is 2. The molecule has 28 heavy (non-hydrogen) atoms. The van der Waals surface area contributed by atoms with Gasteiger partial charge in [-0.05, 0) is 39.0 Å². The largest absolute Gasteiger partial charge is 0.489 e. The van der Waals surface area contributed by atoms with Gasteiger partial charge >= 0.3 is 0 Å². The van der Waals surface area contributed by atoms with Gasteiger partial charge in [0.2, 0.25) is 5.91 Å². The van der Waals surface area contributed by atoms with Gasteiger partial charge in [0, 0.05) is 5.56 Å². The zero-order chi connectivity index (χ0) is 20.4. The maximum atomic E-state index is 11.9. The Morgan fingerprint density at radius 1 is 1.21 bits per heavy atom. The van der Waals surface area contributed by atoms with Crippen molar-refractivity contribution in [2.45, 2.75) is 26.9 Å². The predicted molar refractivity (Wildman–Crippen MR) is 110 cm³/mol. The lowest BCUT2D eigenvalue weighted by molar-refractivity contribution is 0.0993. The fourth-order valence-corrected chi connectivity index (χ4v) is 4.18. The maximum absolute atomic E-state index is 11.9. The van der Waals surface area contributed by atoms with Crippen LogP contribution < -0.4 is 21.5 Å². The molecule has 0 unspecified atom stereocenters. The summed E-state index contributed by atoms with van der Waals surface area (Å²) in [5, 5.41) is 3.56. The van der Waals surface area contributed by atoms with Crippen molar-refractivity contribution < 1.29 is 14.3 Å². The van der Waals surface area contributed by atoms with Crippen molar-refractivity contribution in [3.63, 3.8) is 0 Å². The van der Waals surface area contributed by atoms with E-state index in [9.17, 15) is 9.59 Å². The summed E-state index contributed by atoms with van der Waals surface area (Å²) in [6.07, 6.45) is -0.0761. The van der Waals surface area contributed by atoms with E-state index in [-0.39, 0.29) is 6.10 Å². The Kier molecular flexibility index (Phi) is 5.61. The molecule has 0 radical (unpaired) electrons. The van der Waals surface area contributed by atoms with E-state index in [1.165, 1.54) is 11.3 Å². The third kappa shape index (κ3) is 4.12. The Morgan fingerprint density at radius 3 is 2.54 bits per heavy atom. The van der Waals surface area contributed by atoms with Gasteiger partial charge in [-0.15, -0.1) is 11.3 Å². The number of aryl methyl sites for hydroxylation is 1. The highest BCUT2D eigenvalue weighted by Gasteiger charge is 2.21. The maximum Gasteiger partial charge on any atom is 0.261 e. The summed E-state index contributed by atoms with van der Waals surface area (Å²) in [4.78, 5) is 33.3. The van der Waals surface area contributed by atoms with Crippen LogP contribution in [0, 0.1) is 6.92 Å². The van der Waals surface area contributed by atoms with Crippen molar-refractivity contribution in [2.75, 3.05) is 5.32 Å². The van der Waals surface area contributed by atoms with Gasteiger partial charge in [-0.1, -0.05) is 11.3 Å². The molecule has 2 amide bonds. The Bertz CT molecular complexity index is 1040. The third-order valence-corrected chi connectivity index (χ3v) is 5.60. The molecule has 3 rings (SSSR count). The van der Waals surface area contributed by atoms with Crippen LogP contribution in [-0.2, 0) is 0 Å². The second-order valence-corrected chi connectivity index (χ2v) is 8.05. The number of aromatic nitrogens is 2. The number of carbonyl (C=O) groups is 2. The van der Waals surface area contributed by atoms with E-state index in [0.717, 1.165) is 21.9 Å². The monoisotopic (exact) mass is 417 g/mol. The van der Waals surface area contributed by atoms with Gasteiger partial charge in [-0.2, -0.15) is 0 Å². The number of thiazole rings is 2. The first-order chi connectivity index (χ1) is 13.3. The zero-order valence-corrected chi connectivity index (χ0v) is 17.1. The molecule has 0 atom stereocenters. The SMILES string of the molecule is Cc1ncsc1-c1nc(Nc2cc(C(N)=O)ccc2OC(C)C)sc1C(N)=O. The van der Waals surface area contributed by atoms with Gasteiger partial charge < -0.3 is 21.5 Å². The van der Waals surface area contributed by atoms with E-state index in [2.05, 4.69) is 15.3 Å². The molecule has 2 aromatic heterocycles. The van der Waals surface area contributed by atoms with Gasteiger partial charge in [0.25, 0.3) is 5.91 Å². The van der Waals surface area contributed by atoms with Gasteiger partial charge in [-0.25, -0.2) is 9.97 Å². The number of anilines is 2. The molecule has 0 fully saturated rings. The fourth-order valence-electron chi connectivity index (χ4n) is 2.48. The molecule has 5 N–H and O–H groups in total. The summed E-state index contributed by atoms with van der Waals surface area (Å²) in [5.74, 6) is -0.596. The lowest BCUT2D eigenvalue weighted by atomic mass is 10.1. The van der Waals surface area contributed by atoms with Crippen molar-refractivity contribution in [3.8, 4) is 16.3 Å². The van der Waals surface area contributed by atoms with Crippen molar-refractivity contribution >= 4 is 45.3 Å². The first-order valence-corrected chi connectivity index (χ1v) is 10.0. The third-order valence-electron chi connectivity index (χ3n) is 3.68. The van der Waals surface area contributed by atoms with E-state index in [1.54, 1.807) is 23.7 Å². The molecule has 0 saturated heterocycles. The molecule has 146 valence electrons. The number of nitrogens with zero attached hydrogens (tertiary/aromatic N) is 2. The van der Waals surface area contributed by atoms with Gasteiger partial charge in [0.05, 0.1) is 27.9 Å². The van der Waals surface area contributed by atoms with Gasteiger partial charge in [-0.3, -0.25) is 9.59 Å². The van der Waals surface area contributed by atoms with Crippen molar-refractivity contribution in [2.24, 2.45) is 11.5 Å². The molecule has 0 spiro atoms. The van der Waals surface area contributed by atoms with Crippen LogP contribution in [0.2, 0.25) is 0 Å². The molecule has 0 aliphatic heterocycles. The Hall–Kier alpha value is -2.98.